The molecule has 188 valence electrons. The molecule has 0 amide bonds. The number of aromatic amines is 1. The largest absolute Gasteiger partial charge is 0.388 e. The van der Waals surface area contributed by atoms with Crippen molar-refractivity contribution in [2.24, 2.45) is 5.92 Å². The Hall–Kier alpha value is -4.11. The molecule has 1 aliphatic heterocycles. The van der Waals surface area contributed by atoms with Gasteiger partial charge in [0.05, 0.1) is 18.6 Å². The molecule has 1 saturated heterocycles. The molecule has 2 heterocycles. The quantitative estimate of drug-likeness (QED) is 0.286. The number of hydrogen-bond donors (Lipinski definition) is 2. The maximum absolute atomic E-state index is 12.3. The summed E-state index contributed by atoms with van der Waals surface area (Å²) in [5.41, 5.74) is 0.276. The highest BCUT2D eigenvalue weighted by Gasteiger charge is 2.47. The maximum Gasteiger partial charge on any atom is 0.330 e. The first-order valence-corrected chi connectivity index (χ1v) is 12.0. The molecule has 0 saturated carbocycles. The van der Waals surface area contributed by atoms with E-state index in [1.807, 2.05) is 91.0 Å². The van der Waals surface area contributed by atoms with Crippen molar-refractivity contribution in [1.82, 2.24) is 9.55 Å². The summed E-state index contributed by atoms with van der Waals surface area (Å²) in [4.78, 5) is 38.0. The highest BCUT2D eigenvalue weighted by atomic mass is 16.6. The van der Waals surface area contributed by atoms with Crippen LogP contribution < -0.4 is 11.2 Å². The molecule has 5 rings (SSSR count). The van der Waals surface area contributed by atoms with Crippen LogP contribution in [0.1, 0.15) is 22.9 Å². The van der Waals surface area contributed by atoms with E-state index < -0.39 is 41.2 Å². The van der Waals surface area contributed by atoms with E-state index in [1.165, 1.54) is 6.20 Å². The Bertz CT molecular complexity index is 1360. The number of carbonyl (C=O) groups excluding carboxylic acids is 1. The summed E-state index contributed by atoms with van der Waals surface area (Å²) < 4.78 is 13.8. The monoisotopic (exact) mass is 498 g/mol. The molecule has 3 aromatic carbocycles. The van der Waals surface area contributed by atoms with E-state index in [0.29, 0.717) is 6.29 Å². The Morgan fingerprint density at radius 3 is 1.84 bits per heavy atom. The van der Waals surface area contributed by atoms with Gasteiger partial charge in [-0.1, -0.05) is 91.0 Å². The number of aldehydes is 1. The molecule has 8 heteroatoms. The van der Waals surface area contributed by atoms with E-state index >= 15 is 0 Å². The van der Waals surface area contributed by atoms with E-state index in [4.69, 9.17) is 9.47 Å². The summed E-state index contributed by atoms with van der Waals surface area (Å²) in [5.74, 6) is -0.955. The van der Waals surface area contributed by atoms with Crippen LogP contribution in [0.5, 0.6) is 0 Å². The summed E-state index contributed by atoms with van der Waals surface area (Å²) in [6, 6.07) is 30.4. The van der Waals surface area contributed by atoms with Gasteiger partial charge >= 0.3 is 5.69 Å². The molecule has 0 bridgehead atoms. The first-order valence-electron chi connectivity index (χ1n) is 12.0. The third-order valence-electron chi connectivity index (χ3n) is 6.72. The Kier molecular flexibility index (Phi) is 6.96. The van der Waals surface area contributed by atoms with Gasteiger partial charge in [0.15, 0.2) is 6.23 Å². The number of carbonyl (C=O) groups is 1. The van der Waals surface area contributed by atoms with E-state index in [-0.39, 0.29) is 6.61 Å². The zero-order chi connectivity index (χ0) is 25.8. The van der Waals surface area contributed by atoms with Gasteiger partial charge in [0.2, 0.25) is 0 Å². The lowest BCUT2D eigenvalue weighted by molar-refractivity contribution is -0.117. The van der Waals surface area contributed by atoms with Crippen LogP contribution in [-0.2, 0) is 19.9 Å². The molecule has 0 aliphatic carbocycles. The second-order valence-electron chi connectivity index (χ2n) is 8.88. The van der Waals surface area contributed by atoms with Crippen LogP contribution >= 0.6 is 0 Å². The minimum atomic E-state index is -1.31. The molecule has 37 heavy (non-hydrogen) atoms. The molecule has 0 radical (unpaired) electrons. The summed E-state index contributed by atoms with van der Waals surface area (Å²) in [5, 5.41) is 10.9. The third-order valence-corrected chi connectivity index (χ3v) is 6.72. The van der Waals surface area contributed by atoms with Crippen molar-refractivity contribution >= 4 is 6.29 Å². The molecule has 1 fully saturated rings. The number of hydrogen-bond acceptors (Lipinski definition) is 6. The van der Waals surface area contributed by atoms with Crippen molar-refractivity contribution in [3.05, 3.63) is 141 Å². The normalized spacial score (nSPS) is 21.5. The van der Waals surface area contributed by atoms with Gasteiger partial charge < -0.3 is 19.4 Å². The molecular weight excluding hydrogens is 472 g/mol. The predicted octanol–water partition coefficient (Wildman–Crippen LogP) is 2.62. The van der Waals surface area contributed by atoms with Gasteiger partial charge in [-0.15, -0.1) is 0 Å². The minimum Gasteiger partial charge on any atom is -0.388 e. The molecule has 8 nitrogen and oxygen atoms in total. The van der Waals surface area contributed by atoms with Gasteiger partial charge in [-0.3, -0.25) is 14.3 Å². The predicted molar refractivity (Wildman–Crippen MR) is 136 cm³/mol. The number of benzene rings is 3. The van der Waals surface area contributed by atoms with Crippen molar-refractivity contribution in [3.8, 4) is 0 Å². The van der Waals surface area contributed by atoms with Gasteiger partial charge in [-0.25, -0.2) is 4.79 Å². The number of aromatic nitrogens is 2. The third kappa shape index (κ3) is 4.58. The van der Waals surface area contributed by atoms with Crippen molar-refractivity contribution in [1.29, 1.82) is 0 Å². The standard InChI is InChI=1S/C29H26N2O6/c32-18-23-24(37-27(26(23)34)31-17-16-25(33)30-28(31)35)19-36-29(20-10-4-1-5-11-20,21-12-6-2-7-13-21)22-14-8-3-9-15-22/h1-18,23-24,26-27,34H,19H2,(H,30,33,35)/t23?,24-,26-,27?/m1/s1. The number of aliphatic hydroxyl groups excluding tert-OH is 1. The average molecular weight is 499 g/mol. The number of nitrogens with one attached hydrogen (secondary N) is 1. The first kappa shape index (κ1) is 24.6. The van der Waals surface area contributed by atoms with Crippen molar-refractivity contribution in [2.75, 3.05) is 6.61 Å². The van der Waals surface area contributed by atoms with Crippen molar-refractivity contribution in [2.45, 2.75) is 24.0 Å². The number of H-pyrrole nitrogens is 1. The lowest BCUT2D eigenvalue weighted by Crippen LogP contribution is -2.38. The Labute approximate surface area is 212 Å². The van der Waals surface area contributed by atoms with E-state index in [1.54, 1.807) is 0 Å². The zero-order valence-corrected chi connectivity index (χ0v) is 19.8. The van der Waals surface area contributed by atoms with Crippen LogP contribution in [-0.4, -0.2) is 39.8 Å². The lowest BCUT2D eigenvalue weighted by Gasteiger charge is -2.37. The molecule has 4 atom stereocenters. The van der Waals surface area contributed by atoms with Gasteiger partial charge in [-0.05, 0) is 16.7 Å². The summed E-state index contributed by atoms with van der Waals surface area (Å²) in [7, 11) is 0. The van der Waals surface area contributed by atoms with Crippen LogP contribution in [0.15, 0.2) is 113 Å². The van der Waals surface area contributed by atoms with Crippen LogP contribution in [0.2, 0.25) is 0 Å². The Morgan fingerprint density at radius 2 is 1.38 bits per heavy atom. The summed E-state index contributed by atoms with van der Waals surface area (Å²) >= 11 is 0. The topological polar surface area (TPSA) is 111 Å². The van der Waals surface area contributed by atoms with Crippen molar-refractivity contribution in [3.63, 3.8) is 0 Å². The van der Waals surface area contributed by atoms with Gasteiger partial charge in [0, 0.05) is 12.3 Å². The average Bonchev–Trinajstić information content (AvgIpc) is 3.25. The molecule has 2 N–H and O–H groups in total. The van der Waals surface area contributed by atoms with E-state index in [0.717, 1.165) is 27.3 Å². The van der Waals surface area contributed by atoms with E-state index in [9.17, 15) is 19.5 Å². The first-order chi connectivity index (χ1) is 18.0. The number of nitrogens with zero attached hydrogens (tertiary/aromatic N) is 1. The SMILES string of the molecule is O=CC1[C@@H](O)C(n2ccc(=O)[nH]c2=O)O[C@@H]1COC(c1ccccc1)(c1ccccc1)c1ccccc1. The molecule has 1 aromatic heterocycles. The number of rotatable bonds is 8. The van der Waals surface area contributed by atoms with Crippen LogP contribution in [0, 0.1) is 5.92 Å². The van der Waals surface area contributed by atoms with Crippen molar-refractivity contribution < 1.29 is 19.4 Å². The summed E-state index contributed by atoms with van der Waals surface area (Å²) in [6.45, 7) is -0.0618. The fourth-order valence-electron chi connectivity index (χ4n) is 4.91. The molecule has 4 aromatic rings. The Morgan fingerprint density at radius 1 is 0.865 bits per heavy atom. The fourth-order valence-corrected chi connectivity index (χ4v) is 4.91. The fraction of sp³-hybridized carbons (Fsp3) is 0.207. The molecular formula is C29H26N2O6. The van der Waals surface area contributed by atoms with Gasteiger partial charge in [-0.2, -0.15) is 0 Å². The van der Waals surface area contributed by atoms with Crippen LogP contribution in [0.4, 0.5) is 0 Å². The highest BCUT2D eigenvalue weighted by molar-refractivity contribution is 5.56. The molecule has 0 spiro atoms. The van der Waals surface area contributed by atoms with Gasteiger partial charge in [0.1, 0.15) is 18.0 Å². The second kappa shape index (κ2) is 10.5. The molecule has 2 unspecified atom stereocenters. The maximum atomic E-state index is 12.3. The smallest absolute Gasteiger partial charge is 0.330 e. The highest BCUT2D eigenvalue weighted by Crippen LogP contribution is 2.42. The minimum absolute atomic E-state index is 0.0618. The lowest BCUT2D eigenvalue weighted by atomic mass is 9.80. The molecule has 1 aliphatic rings. The van der Waals surface area contributed by atoms with Crippen LogP contribution in [0.3, 0.4) is 0 Å². The van der Waals surface area contributed by atoms with Crippen LogP contribution in [0.25, 0.3) is 0 Å². The summed E-state index contributed by atoms with van der Waals surface area (Å²) in [6.07, 6.45) is -1.47. The number of ether oxygens (including phenoxy) is 2. The second-order valence-corrected chi connectivity index (χ2v) is 8.88. The number of aliphatic hydroxyl groups is 1. The Balaban J connectivity index is 1.55. The van der Waals surface area contributed by atoms with Gasteiger partial charge in [0.25, 0.3) is 5.56 Å². The van der Waals surface area contributed by atoms with E-state index in [2.05, 4.69) is 4.98 Å². The zero-order valence-electron chi connectivity index (χ0n) is 19.8.